The number of para-hydroxylation sites is 1. The van der Waals surface area contributed by atoms with Crippen LogP contribution in [0.3, 0.4) is 0 Å². The first-order chi connectivity index (χ1) is 14.7. The second kappa shape index (κ2) is 9.32. The number of ether oxygens (including phenoxy) is 1. The van der Waals surface area contributed by atoms with Gasteiger partial charge in [0.25, 0.3) is 5.91 Å². The first kappa shape index (κ1) is 20.4. The number of amides is 1. The Labute approximate surface area is 183 Å². The maximum atomic E-state index is 13.6. The number of benzene rings is 2. The average molecular weight is 439 g/mol. The molecule has 30 heavy (non-hydrogen) atoms. The Kier molecular flexibility index (Phi) is 6.35. The van der Waals surface area contributed by atoms with Crippen molar-refractivity contribution in [2.45, 2.75) is 18.4 Å². The van der Waals surface area contributed by atoms with Gasteiger partial charge in [-0.2, -0.15) is 5.10 Å². The summed E-state index contributed by atoms with van der Waals surface area (Å²) in [5.74, 6) is 0.672. The minimum atomic E-state index is -0.0656. The molecule has 0 spiro atoms. The van der Waals surface area contributed by atoms with E-state index in [-0.39, 0.29) is 5.91 Å². The van der Waals surface area contributed by atoms with Gasteiger partial charge in [-0.3, -0.25) is 14.4 Å². The van der Waals surface area contributed by atoms with Crippen LogP contribution in [-0.2, 0) is 6.54 Å². The molecule has 0 aliphatic heterocycles. The number of carbonyl (C=O) groups excluding carboxylic acids is 1. The topological polar surface area (TPSA) is 60.2 Å². The van der Waals surface area contributed by atoms with E-state index >= 15 is 0 Å². The van der Waals surface area contributed by atoms with Gasteiger partial charge < -0.3 is 4.74 Å². The highest BCUT2D eigenvalue weighted by molar-refractivity contribution is 7.98. The molecule has 1 amide bonds. The SMILES string of the molecule is CCOc1cccc2sc(N(CCn3cccn3)C(=O)c3ccccc3SC)nc12. The van der Waals surface area contributed by atoms with Crippen LogP contribution < -0.4 is 9.64 Å². The largest absolute Gasteiger partial charge is 0.492 e. The van der Waals surface area contributed by atoms with Crippen molar-refractivity contribution in [3.63, 3.8) is 0 Å². The quantitative estimate of drug-likeness (QED) is 0.364. The van der Waals surface area contributed by atoms with E-state index in [1.807, 2.05) is 72.6 Å². The van der Waals surface area contributed by atoms with Gasteiger partial charge in [-0.1, -0.05) is 29.5 Å². The number of carbonyl (C=O) groups is 1. The van der Waals surface area contributed by atoms with Gasteiger partial charge in [0.05, 0.1) is 23.4 Å². The minimum absolute atomic E-state index is 0.0656. The minimum Gasteiger partial charge on any atom is -0.492 e. The number of nitrogens with zero attached hydrogens (tertiary/aromatic N) is 4. The number of anilines is 1. The lowest BCUT2D eigenvalue weighted by Crippen LogP contribution is -2.34. The number of thioether (sulfide) groups is 1. The molecule has 2 heterocycles. The van der Waals surface area contributed by atoms with Crippen molar-refractivity contribution in [2.24, 2.45) is 0 Å². The predicted octanol–water partition coefficient (Wildman–Crippen LogP) is 4.96. The summed E-state index contributed by atoms with van der Waals surface area (Å²) in [4.78, 5) is 21.1. The Morgan fingerprint density at radius 3 is 2.83 bits per heavy atom. The van der Waals surface area contributed by atoms with Gasteiger partial charge in [-0.05, 0) is 43.5 Å². The number of fused-ring (bicyclic) bond motifs is 1. The summed E-state index contributed by atoms with van der Waals surface area (Å²) in [6, 6.07) is 15.4. The summed E-state index contributed by atoms with van der Waals surface area (Å²) in [6.07, 6.45) is 5.61. The van der Waals surface area contributed by atoms with Gasteiger partial charge in [0, 0.05) is 23.8 Å². The maximum absolute atomic E-state index is 13.6. The number of thiazole rings is 1. The maximum Gasteiger partial charge on any atom is 0.261 e. The number of rotatable bonds is 8. The molecule has 4 rings (SSSR count). The molecule has 0 radical (unpaired) electrons. The lowest BCUT2D eigenvalue weighted by Gasteiger charge is -2.21. The summed E-state index contributed by atoms with van der Waals surface area (Å²) in [7, 11) is 0. The zero-order valence-corrected chi connectivity index (χ0v) is 18.4. The summed E-state index contributed by atoms with van der Waals surface area (Å²) < 4.78 is 8.55. The molecule has 0 atom stereocenters. The summed E-state index contributed by atoms with van der Waals surface area (Å²) in [6.45, 7) is 3.56. The van der Waals surface area contributed by atoms with Crippen molar-refractivity contribution < 1.29 is 9.53 Å². The molecule has 8 heteroatoms. The van der Waals surface area contributed by atoms with Crippen LogP contribution in [0.4, 0.5) is 5.13 Å². The molecule has 6 nitrogen and oxygen atoms in total. The van der Waals surface area contributed by atoms with Gasteiger partial charge in [-0.15, -0.1) is 11.8 Å². The van der Waals surface area contributed by atoms with Gasteiger partial charge in [0.2, 0.25) is 0 Å². The van der Waals surface area contributed by atoms with Crippen molar-refractivity contribution in [1.29, 1.82) is 0 Å². The third-order valence-electron chi connectivity index (χ3n) is 4.60. The zero-order valence-electron chi connectivity index (χ0n) is 16.8. The molecule has 4 aromatic rings. The smallest absolute Gasteiger partial charge is 0.261 e. The van der Waals surface area contributed by atoms with Crippen LogP contribution in [-0.4, -0.2) is 40.1 Å². The highest BCUT2D eigenvalue weighted by Gasteiger charge is 2.24. The lowest BCUT2D eigenvalue weighted by atomic mass is 10.2. The van der Waals surface area contributed by atoms with Crippen LogP contribution in [0.5, 0.6) is 5.75 Å². The fourth-order valence-corrected chi connectivity index (χ4v) is 4.78. The van der Waals surface area contributed by atoms with Crippen LogP contribution in [0.2, 0.25) is 0 Å². The Morgan fingerprint density at radius 1 is 1.20 bits per heavy atom. The molecule has 0 saturated heterocycles. The third kappa shape index (κ3) is 4.20. The second-order valence-electron chi connectivity index (χ2n) is 6.46. The summed E-state index contributed by atoms with van der Waals surface area (Å²) in [5.41, 5.74) is 1.46. The molecule has 0 aliphatic carbocycles. The normalized spacial score (nSPS) is 11.0. The lowest BCUT2D eigenvalue weighted by molar-refractivity contribution is 0.0983. The molecular weight excluding hydrogens is 416 g/mol. The Morgan fingerprint density at radius 2 is 2.07 bits per heavy atom. The Bertz CT molecular complexity index is 1140. The number of hydrogen-bond acceptors (Lipinski definition) is 6. The monoisotopic (exact) mass is 438 g/mol. The van der Waals surface area contributed by atoms with Crippen LogP contribution in [0.1, 0.15) is 17.3 Å². The molecular formula is C22H22N4O2S2. The van der Waals surface area contributed by atoms with Gasteiger partial charge in [-0.25, -0.2) is 4.98 Å². The van der Waals surface area contributed by atoms with E-state index in [0.717, 1.165) is 20.9 Å². The van der Waals surface area contributed by atoms with Crippen molar-refractivity contribution >= 4 is 44.4 Å². The van der Waals surface area contributed by atoms with Crippen molar-refractivity contribution in [2.75, 3.05) is 24.3 Å². The van der Waals surface area contributed by atoms with E-state index < -0.39 is 0 Å². The average Bonchev–Trinajstić information content (AvgIpc) is 3.44. The van der Waals surface area contributed by atoms with Gasteiger partial charge in [0.1, 0.15) is 11.3 Å². The molecule has 0 unspecified atom stereocenters. The summed E-state index contributed by atoms with van der Waals surface area (Å²) >= 11 is 3.06. The van der Waals surface area contributed by atoms with Gasteiger partial charge in [0.15, 0.2) is 5.13 Å². The van der Waals surface area contributed by atoms with Crippen LogP contribution >= 0.6 is 23.1 Å². The van der Waals surface area contributed by atoms with E-state index in [0.29, 0.717) is 30.4 Å². The fourth-order valence-electron chi connectivity index (χ4n) is 3.18. The number of hydrogen-bond donors (Lipinski definition) is 0. The Hall–Kier alpha value is -2.84. The van der Waals surface area contributed by atoms with Crippen LogP contribution in [0.15, 0.2) is 65.8 Å². The van der Waals surface area contributed by atoms with Crippen LogP contribution in [0.25, 0.3) is 10.2 Å². The molecule has 0 bridgehead atoms. The molecule has 2 aromatic carbocycles. The van der Waals surface area contributed by atoms with Crippen LogP contribution in [0, 0.1) is 0 Å². The predicted molar refractivity (Wildman–Crippen MR) is 123 cm³/mol. The molecule has 154 valence electrons. The standard InChI is InChI=1S/C22H22N4O2S2/c1-3-28-17-9-6-11-19-20(17)24-22(30-19)26(15-14-25-13-7-12-23-25)21(27)16-8-4-5-10-18(16)29-2/h4-13H,3,14-15H2,1-2H3. The first-order valence-corrected chi connectivity index (χ1v) is 11.7. The van der Waals surface area contributed by atoms with Crippen molar-refractivity contribution in [3.8, 4) is 5.75 Å². The van der Waals surface area contributed by atoms with Crippen molar-refractivity contribution in [3.05, 3.63) is 66.5 Å². The molecule has 0 N–H and O–H groups in total. The third-order valence-corrected chi connectivity index (χ3v) is 6.44. The molecule has 0 aliphatic rings. The zero-order chi connectivity index (χ0) is 20.9. The van der Waals surface area contributed by atoms with E-state index in [1.54, 1.807) is 22.9 Å². The molecule has 0 saturated carbocycles. The first-order valence-electron chi connectivity index (χ1n) is 9.66. The highest BCUT2D eigenvalue weighted by Crippen LogP contribution is 2.35. The second-order valence-corrected chi connectivity index (χ2v) is 8.32. The summed E-state index contributed by atoms with van der Waals surface area (Å²) in [5, 5.41) is 4.92. The molecule has 0 fully saturated rings. The Balaban J connectivity index is 1.74. The van der Waals surface area contributed by atoms with E-state index in [9.17, 15) is 4.79 Å². The van der Waals surface area contributed by atoms with Gasteiger partial charge >= 0.3 is 0 Å². The van der Waals surface area contributed by atoms with Crippen molar-refractivity contribution in [1.82, 2.24) is 14.8 Å². The fraction of sp³-hybridized carbons (Fsp3) is 0.227. The number of aromatic nitrogens is 3. The molecule has 2 aromatic heterocycles. The van der Waals surface area contributed by atoms with E-state index in [1.165, 1.54) is 11.3 Å². The highest BCUT2D eigenvalue weighted by atomic mass is 32.2. The van der Waals surface area contributed by atoms with E-state index in [4.69, 9.17) is 9.72 Å². The van der Waals surface area contributed by atoms with E-state index in [2.05, 4.69) is 5.10 Å².